The van der Waals surface area contributed by atoms with E-state index < -0.39 is 6.10 Å². The van der Waals surface area contributed by atoms with E-state index >= 15 is 0 Å². The fourth-order valence-corrected chi connectivity index (χ4v) is 2.04. The third-order valence-corrected chi connectivity index (χ3v) is 2.99. The summed E-state index contributed by atoms with van der Waals surface area (Å²) in [5.41, 5.74) is 2.08. The molecule has 0 aliphatic carbocycles. The first-order valence-electron chi connectivity index (χ1n) is 6.23. The van der Waals surface area contributed by atoms with Crippen LogP contribution in [0, 0.1) is 5.92 Å². The van der Waals surface area contributed by atoms with Gasteiger partial charge >= 0.3 is 0 Å². The number of nitrogens with zero attached hydrogens (tertiary/aromatic N) is 2. The van der Waals surface area contributed by atoms with E-state index in [-0.39, 0.29) is 0 Å². The lowest BCUT2D eigenvalue weighted by atomic mass is 10.1. The molecule has 0 saturated heterocycles. The van der Waals surface area contributed by atoms with Crippen LogP contribution in [0.2, 0.25) is 0 Å². The highest BCUT2D eigenvalue weighted by Crippen LogP contribution is 2.21. The van der Waals surface area contributed by atoms with Crippen LogP contribution in [-0.4, -0.2) is 14.7 Å². The fourth-order valence-electron chi connectivity index (χ4n) is 2.04. The summed E-state index contributed by atoms with van der Waals surface area (Å²) in [6.07, 6.45) is 0.578. The molecule has 2 aromatic rings. The van der Waals surface area contributed by atoms with Crippen molar-refractivity contribution in [2.45, 2.75) is 39.8 Å². The van der Waals surface area contributed by atoms with E-state index in [9.17, 15) is 5.11 Å². The minimum absolute atomic E-state index is 0.519. The van der Waals surface area contributed by atoms with Gasteiger partial charge in [-0.15, -0.1) is 0 Å². The van der Waals surface area contributed by atoms with Gasteiger partial charge in [0.25, 0.3) is 0 Å². The van der Waals surface area contributed by atoms with Gasteiger partial charge < -0.3 is 9.67 Å². The van der Waals surface area contributed by atoms with Crippen molar-refractivity contribution < 1.29 is 5.11 Å². The number of aromatic nitrogens is 2. The second-order valence-electron chi connectivity index (χ2n) is 4.97. The minimum atomic E-state index is -0.519. The molecule has 0 radical (unpaired) electrons. The van der Waals surface area contributed by atoms with Crippen LogP contribution in [-0.2, 0) is 6.54 Å². The van der Waals surface area contributed by atoms with Gasteiger partial charge in [0.05, 0.1) is 11.0 Å². The molecule has 0 saturated carbocycles. The molecule has 17 heavy (non-hydrogen) atoms. The average molecular weight is 232 g/mol. The van der Waals surface area contributed by atoms with Gasteiger partial charge in [-0.2, -0.15) is 0 Å². The van der Waals surface area contributed by atoms with Crippen molar-refractivity contribution in [3.63, 3.8) is 0 Å². The predicted molar refractivity (Wildman–Crippen MR) is 69.8 cm³/mol. The van der Waals surface area contributed by atoms with Crippen molar-refractivity contribution in [3.05, 3.63) is 30.1 Å². The van der Waals surface area contributed by atoms with Gasteiger partial charge in [0.1, 0.15) is 11.9 Å². The van der Waals surface area contributed by atoms with Gasteiger partial charge in [-0.05, 0) is 31.4 Å². The van der Waals surface area contributed by atoms with E-state index in [1.54, 1.807) is 6.92 Å². The fraction of sp³-hybridized carbons (Fsp3) is 0.500. The van der Waals surface area contributed by atoms with Crippen molar-refractivity contribution in [3.8, 4) is 0 Å². The van der Waals surface area contributed by atoms with Gasteiger partial charge in [0.2, 0.25) is 0 Å². The molecule has 0 aliphatic heterocycles. The van der Waals surface area contributed by atoms with Crippen LogP contribution in [0.5, 0.6) is 0 Å². The highest BCUT2D eigenvalue weighted by atomic mass is 16.3. The standard InChI is InChI=1S/C14H20N2O/c1-10(2)8-9-16-13-7-5-4-6-12(13)15-14(16)11(3)17/h4-7,10-11,17H,8-9H2,1-3H3/t11-/m0/s1. The second kappa shape index (κ2) is 4.88. The Morgan fingerprint density at radius 3 is 2.59 bits per heavy atom. The minimum Gasteiger partial charge on any atom is -0.385 e. The maximum atomic E-state index is 9.79. The van der Waals surface area contributed by atoms with Crippen LogP contribution >= 0.6 is 0 Å². The molecule has 1 atom stereocenters. The topological polar surface area (TPSA) is 38.0 Å². The van der Waals surface area contributed by atoms with Gasteiger partial charge in [0.15, 0.2) is 0 Å². The molecule has 2 rings (SSSR count). The quantitative estimate of drug-likeness (QED) is 0.879. The van der Waals surface area contributed by atoms with Crippen LogP contribution < -0.4 is 0 Å². The van der Waals surface area contributed by atoms with Crippen LogP contribution in [0.3, 0.4) is 0 Å². The summed E-state index contributed by atoms with van der Waals surface area (Å²) < 4.78 is 2.14. The van der Waals surface area contributed by atoms with Crippen molar-refractivity contribution >= 4 is 11.0 Å². The maximum Gasteiger partial charge on any atom is 0.138 e. The lowest BCUT2D eigenvalue weighted by Crippen LogP contribution is -2.08. The van der Waals surface area contributed by atoms with E-state index in [0.29, 0.717) is 5.92 Å². The molecule has 0 fully saturated rings. The van der Waals surface area contributed by atoms with E-state index in [1.807, 2.05) is 18.2 Å². The molecule has 1 aromatic heterocycles. The van der Waals surface area contributed by atoms with Crippen LogP contribution in [0.4, 0.5) is 0 Å². The predicted octanol–water partition coefficient (Wildman–Crippen LogP) is 3.14. The Bertz CT molecular complexity index is 500. The van der Waals surface area contributed by atoms with Crippen molar-refractivity contribution in [2.24, 2.45) is 5.92 Å². The lowest BCUT2D eigenvalue weighted by molar-refractivity contribution is 0.183. The Morgan fingerprint density at radius 1 is 1.24 bits per heavy atom. The van der Waals surface area contributed by atoms with Gasteiger partial charge in [-0.1, -0.05) is 26.0 Å². The van der Waals surface area contributed by atoms with Gasteiger partial charge in [-0.3, -0.25) is 0 Å². The smallest absolute Gasteiger partial charge is 0.138 e. The third kappa shape index (κ3) is 2.50. The van der Waals surface area contributed by atoms with E-state index in [4.69, 9.17) is 0 Å². The summed E-state index contributed by atoms with van der Waals surface area (Å²) in [4.78, 5) is 4.50. The van der Waals surface area contributed by atoms with Gasteiger partial charge in [0, 0.05) is 6.54 Å². The Hall–Kier alpha value is -1.35. The Balaban J connectivity index is 2.44. The Labute approximate surface area is 102 Å². The van der Waals surface area contributed by atoms with Crippen LogP contribution in [0.25, 0.3) is 11.0 Å². The Kier molecular flexibility index (Phi) is 3.48. The molecule has 0 bridgehead atoms. The highest BCUT2D eigenvalue weighted by molar-refractivity contribution is 5.75. The van der Waals surface area contributed by atoms with Crippen molar-refractivity contribution in [2.75, 3.05) is 0 Å². The van der Waals surface area contributed by atoms with Crippen LogP contribution in [0.1, 0.15) is 39.1 Å². The molecule has 1 aromatic carbocycles. The summed E-state index contributed by atoms with van der Waals surface area (Å²) >= 11 is 0. The summed E-state index contributed by atoms with van der Waals surface area (Å²) in [7, 11) is 0. The van der Waals surface area contributed by atoms with E-state index in [0.717, 1.165) is 29.8 Å². The molecule has 3 nitrogen and oxygen atoms in total. The zero-order chi connectivity index (χ0) is 12.4. The first-order valence-corrected chi connectivity index (χ1v) is 6.23. The number of aliphatic hydroxyl groups excluding tert-OH is 1. The number of rotatable bonds is 4. The molecule has 0 unspecified atom stereocenters. The molecular formula is C14H20N2O. The SMILES string of the molecule is CC(C)CCn1c([C@H](C)O)nc2ccccc21. The normalized spacial score (nSPS) is 13.5. The molecule has 92 valence electrons. The maximum absolute atomic E-state index is 9.79. The molecular weight excluding hydrogens is 212 g/mol. The molecule has 0 aliphatic rings. The van der Waals surface area contributed by atoms with Crippen LogP contribution in [0.15, 0.2) is 24.3 Å². The van der Waals surface area contributed by atoms with E-state index in [2.05, 4.69) is 29.5 Å². The number of fused-ring (bicyclic) bond motifs is 1. The largest absolute Gasteiger partial charge is 0.385 e. The van der Waals surface area contributed by atoms with Crippen molar-refractivity contribution in [1.29, 1.82) is 0 Å². The summed E-state index contributed by atoms with van der Waals surface area (Å²) in [6, 6.07) is 8.05. The third-order valence-electron chi connectivity index (χ3n) is 2.99. The average Bonchev–Trinajstić information content (AvgIpc) is 2.65. The first kappa shape index (κ1) is 12.1. The summed E-state index contributed by atoms with van der Waals surface area (Å²) in [5.74, 6) is 1.42. The number of hydrogen-bond acceptors (Lipinski definition) is 2. The Morgan fingerprint density at radius 2 is 1.94 bits per heavy atom. The zero-order valence-electron chi connectivity index (χ0n) is 10.7. The number of para-hydroxylation sites is 2. The lowest BCUT2D eigenvalue weighted by Gasteiger charge is -2.12. The van der Waals surface area contributed by atoms with Crippen molar-refractivity contribution in [1.82, 2.24) is 9.55 Å². The summed E-state index contributed by atoms with van der Waals surface area (Å²) in [6.45, 7) is 7.10. The van der Waals surface area contributed by atoms with Gasteiger partial charge in [-0.25, -0.2) is 4.98 Å². The number of hydrogen-bond donors (Lipinski definition) is 1. The number of aliphatic hydroxyl groups is 1. The summed E-state index contributed by atoms with van der Waals surface area (Å²) in [5, 5.41) is 9.79. The zero-order valence-corrected chi connectivity index (χ0v) is 10.7. The molecule has 3 heteroatoms. The molecule has 0 spiro atoms. The number of benzene rings is 1. The van der Waals surface area contributed by atoms with E-state index in [1.165, 1.54) is 0 Å². The monoisotopic (exact) mass is 232 g/mol. The molecule has 0 amide bonds. The first-order chi connectivity index (χ1) is 8.09. The molecule has 1 N–H and O–H groups in total. The molecule has 1 heterocycles. The second-order valence-corrected chi connectivity index (χ2v) is 4.97. The number of imidazole rings is 1. The highest BCUT2D eigenvalue weighted by Gasteiger charge is 2.14. The number of aryl methyl sites for hydroxylation is 1.